The Bertz CT molecular complexity index is 419. The first-order valence-corrected chi connectivity index (χ1v) is 7.84. The summed E-state index contributed by atoms with van der Waals surface area (Å²) >= 11 is 0. The standard InChI is InChI=1S/C17H28N2O2/c1-14(2)21-16-10-7-6-9-15(16)13-19-17(20)11-5-3-4-8-12-18/h6-7,9-10,14H,3-5,8,11-13,18H2,1-2H3,(H,19,20). The number of nitrogens with one attached hydrogen (secondary N) is 1. The quantitative estimate of drug-likeness (QED) is 0.652. The van der Waals surface area contributed by atoms with E-state index >= 15 is 0 Å². The molecule has 0 radical (unpaired) electrons. The van der Waals surface area contributed by atoms with E-state index < -0.39 is 0 Å². The molecule has 0 saturated carbocycles. The molecule has 1 rings (SSSR count). The third-order valence-corrected chi connectivity index (χ3v) is 3.17. The minimum Gasteiger partial charge on any atom is -0.491 e. The van der Waals surface area contributed by atoms with Gasteiger partial charge in [-0.3, -0.25) is 4.79 Å². The van der Waals surface area contributed by atoms with Crippen LogP contribution in [0.25, 0.3) is 0 Å². The molecule has 0 bridgehead atoms. The van der Waals surface area contributed by atoms with Crippen molar-refractivity contribution in [2.24, 2.45) is 5.73 Å². The molecule has 118 valence electrons. The van der Waals surface area contributed by atoms with Crippen LogP contribution in [0, 0.1) is 0 Å². The topological polar surface area (TPSA) is 64.3 Å². The molecule has 0 aliphatic heterocycles. The number of hydrogen-bond donors (Lipinski definition) is 2. The molecule has 0 spiro atoms. The van der Waals surface area contributed by atoms with Gasteiger partial charge in [-0.25, -0.2) is 0 Å². The van der Waals surface area contributed by atoms with Crippen molar-refractivity contribution in [3.05, 3.63) is 29.8 Å². The lowest BCUT2D eigenvalue weighted by Crippen LogP contribution is -2.23. The van der Waals surface area contributed by atoms with Gasteiger partial charge >= 0.3 is 0 Å². The van der Waals surface area contributed by atoms with Gasteiger partial charge in [0.15, 0.2) is 0 Å². The Morgan fingerprint density at radius 1 is 1.19 bits per heavy atom. The zero-order chi connectivity index (χ0) is 15.5. The van der Waals surface area contributed by atoms with Gasteiger partial charge < -0.3 is 15.8 Å². The Hall–Kier alpha value is -1.55. The summed E-state index contributed by atoms with van der Waals surface area (Å²) in [6.07, 6.45) is 4.85. The molecule has 0 atom stereocenters. The van der Waals surface area contributed by atoms with Crippen molar-refractivity contribution < 1.29 is 9.53 Å². The first-order valence-electron chi connectivity index (χ1n) is 7.84. The van der Waals surface area contributed by atoms with Crippen LogP contribution < -0.4 is 15.8 Å². The highest BCUT2D eigenvalue weighted by Crippen LogP contribution is 2.19. The summed E-state index contributed by atoms with van der Waals surface area (Å²) in [5.74, 6) is 0.942. The molecule has 1 amide bonds. The second kappa shape index (κ2) is 10.2. The van der Waals surface area contributed by atoms with Crippen molar-refractivity contribution in [1.29, 1.82) is 0 Å². The van der Waals surface area contributed by atoms with Crippen molar-refractivity contribution in [2.75, 3.05) is 6.54 Å². The molecule has 4 nitrogen and oxygen atoms in total. The molecule has 0 saturated heterocycles. The van der Waals surface area contributed by atoms with Gasteiger partial charge in [-0.15, -0.1) is 0 Å². The van der Waals surface area contributed by atoms with Crippen LogP contribution in [0.5, 0.6) is 5.75 Å². The zero-order valence-electron chi connectivity index (χ0n) is 13.2. The van der Waals surface area contributed by atoms with Crippen LogP contribution in [0.15, 0.2) is 24.3 Å². The summed E-state index contributed by atoms with van der Waals surface area (Å²) < 4.78 is 5.74. The molecule has 0 heterocycles. The molecule has 1 aromatic rings. The molecular weight excluding hydrogens is 264 g/mol. The van der Waals surface area contributed by atoms with Crippen molar-refractivity contribution in [1.82, 2.24) is 5.32 Å². The number of para-hydroxylation sites is 1. The number of ether oxygens (including phenoxy) is 1. The van der Waals surface area contributed by atoms with Crippen molar-refractivity contribution in [3.63, 3.8) is 0 Å². The molecule has 0 unspecified atom stereocenters. The fourth-order valence-electron chi connectivity index (χ4n) is 2.08. The Balaban J connectivity index is 2.32. The van der Waals surface area contributed by atoms with E-state index in [2.05, 4.69) is 5.32 Å². The molecule has 1 aromatic carbocycles. The lowest BCUT2D eigenvalue weighted by atomic mass is 10.1. The summed E-state index contributed by atoms with van der Waals surface area (Å²) in [4.78, 5) is 11.8. The lowest BCUT2D eigenvalue weighted by Gasteiger charge is -2.14. The summed E-state index contributed by atoms with van der Waals surface area (Å²) in [6, 6.07) is 7.83. The van der Waals surface area contributed by atoms with Gasteiger partial charge in [-0.05, 0) is 39.3 Å². The Morgan fingerprint density at radius 2 is 1.90 bits per heavy atom. The lowest BCUT2D eigenvalue weighted by molar-refractivity contribution is -0.121. The maximum Gasteiger partial charge on any atom is 0.220 e. The fraction of sp³-hybridized carbons (Fsp3) is 0.588. The van der Waals surface area contributed by atoms with Crippen LogP contribution >= 0.6 is 0 Å². The molecule has 0 aromatic heterocycles. The third kappa shape index (κ3) is 7.71. The fourth-order valence-corrected chi connectivity index (χ4v) is 2.08. The predicted octanol–water partition coefficient (Wildman–Crippen LogP) is 3.00. The first-order chi connectivity index (χ1) is 10.1. The highest BCUT2D eigenvalue weighted by Gasteiger charge is 2.07. The number of unbranched alkanes of at least 4 members (excludes halogenated alkanes) is 3. The monoisotopic (exact) mass is 292 g/mol. The zero-order valence-corrected chi connectivity index (χ0v) is 13.2. The molecule has 3 N–H and O–H groups in total. The summed E-state index contributed by atoms with van der Waals surface area (Å²) in [6.45, 7) is 5.25. The number of amides is 1. The van der Waals surface area contributed by atoms with Crippen molar-refractivity contribution in [3.8, 4) is 5.75 Å². The average molecular weight is 292 g/mol. The van der Waals surface area contributed by atoms with Crippen LogP contribution in [0.1, 0.15) is 51.5 Å². The van der Waals surface area contributed by atoms with Gasteiger partial charge in [0.05, 0.1) is 6.10 Å². The van der Waals surface area contributed by atoms with Crippen LogP contribution in [0.4, 0.5) is 0 Å². The predicted molar refractivity (Wildman–Crippen MR) is 86.2 cm³/mol. The van der Waals surface area contributed by atoms with Gasteiger partial charge in [0, 0.05) is 18.5 Å². The molecule has 4 heteroatoms. The van der Waals surface area contributed by atoms with Gasteiger partial charge in [0.1, 0.15) is 5.75 Å². The van der Waals surface area contributed by atoms with E-state index in [9.17, 15) is 4.79 Å². The SMILES string of the molecule is CC(C)Oc1ccccc1CNC(=O)CCCCCCN. The summed E-state index contributed by atoms with van der Waals surface area (Å²) in [5.41, 5.74) is 6.46. The highest BCUT2D eigenvalue weighted by molar-refractivity contribution is 5.75. The Labute approximate surface area is 128 Å². The van der Waals surface area contributed by atoms with Crippen molar-refractivity contribution in [2.45, 2.75) is 58.6 Å². The smallest absolute Gasteiger partial charge is 0.220 e. The van der Waals surface area contributed by atoms with E-state index in [1.807, 2.05) is 38.1 Å². The van der Waals surface area contributed by atoms with Gasteiger partial charge in [0.25, 0.3) is 0 Å². The molecule has 0 fully saturated rings. The van der Waals surface area contributed by atoms with Gasteiger partial charge in [0.2, 0.25) is 5.91 Å². The molecule has 21 heavy (non-hydrogen) atoms. The Morgan fingerprint density at radius 3 is 2.62 bits per heavy atom. The van der Waals surface area contributed by atoms with E-state index in [4.69, 9.17) is 10.5 Å². The maximum atomic E-state index is 11.8. The van der Waals surface area contributed by atoms with E-state index in [0.29, 0.717) is 13.0 Å². The summed E-state index contributed by atoms with van der Waals surface area (Å²) in [7, 11) is 0. The highest BCUT2D eigenvalue weighted by atomic mass is 16.5. The first kappa shape index (κ1) is 17.5. The van der Waals surface area contributed by atoms with E-state index in [0.717, 1.165) is 43.5 Å². The number of carbonyl (C=O) groups excluding carboxylic acids is 1. The van der Waals surface area contributed by atoms with Crippen LogP contribution in [-0.4, -0.2) is 18.6 Å². The second-order valence-corrected chi connectivity index (χ2v) is 5.50. The number of hydrogen-bond acceptors (Lipinski definition) is 3. The Kier molecular flexibility index (Phi) is 8.51. The maximum absolute atomic E-state index is 11.8. The van der Waals surface area contributed by atoms with Crippen LogP contribution in [0.3, 0.4) is 0 Å². The number of nitrogens with two attached hydrogens (primary N) is 1. The second-order valence-electron chi connectivity index (χ2n) is 5.50. The van der Waals surface area contributed by atoms with E-state index in [1.165, 1.54) is 0 Å². The van der Waals surface area contributed by atoms with Crippen LogP contribution in [-0.2, 0) is 11.3 Å². The van der Waals surface area contributed by atoms with Crippen molar-refractivity contribution >= 4 is 5.91 Å². The number of benzene rings is 1. The number of carbonyl (C=O) groups is 1. The van der Waals surface area contributed by atoms with Gasteiger partial charge in [-0.2, -0.15) is 0 Å². The average Bonchev–Trinajstić information content (AvgIpc) is 2.45. The molecule has 0 aliphatic rings. The molecule has 0 aliphatic carbocycles. The largest absolute Gasteiger partial charge is 0.491 e. The van der Waals surface area contributed by atoms with Gasteiger partial charge in [-0.1, -0.05) is 31.0 Å². The molecular formula is C17H28N2O2. The minimum atomic E-state index is 0.0992. The third-order valence-electron chi connectivity index (χ3n) is 3.17. The van der Waals surface area contributed by atoms with Crippen LogP contribution in [0.2, 0.25) is 0 Å². The van der Waals surface area contributed by atoms with E-state index in [-0.39, 0.29) is 12.0 Å². The number of rotatable bonds is 10. The normalized spacial score (nSPS) is 10.7. The van der Waals surface area contributed by atoms with E-state index in [1.54, 1.807) is 0 Å². The summed E-state index contributed by atoms with van der Waals surface area (Å²) in [5, 5.41) is 2.96. The minimum absolute atomic E-state index is 0.0992.